The van der Waals surface area contributed by atoms with E-state index in [9.17, 15) is 13.2 Å². The summed E-state index contributed by atoms with van der Waals surface area (Å²) in [6.07, 6.45) is -4.32. The largest absolute Gasteiger partial charge is 0.497 e. The Labute approximate surface area is 79.2 Å². The van der Waals surface area contributed by atoms with Gasteiger partial charge in [0.25, 0.3) is 0 Å². The molecule has 0 radical (unpaired) electrons. The number of rotatable bonds is 3. The Morgan fingerprint density at radius 1 is 1.21 bits per heavy atom. The maximum atomic E-state index is 11.8. The van der Waals surface area contributed by atoms with Crippen LogP contribution in [0.4, 0.5) is 13.2 Å². The van der Waals surface area contributed by atoms with Gasteiger partial charge in [-0.1, -0.05) is 6.07 Å². The molecule has 2 nitrogen and oxygen atoms in total. The van der Waals surface area contributed by atoms with Crippen molar-refractivity contribution in [2.24, 2.45) is 0 Å². The molecular formula is C9H9F3O2. The predicted molar refractivity (Wildman–Crippen MR) is 44.5 cm³/mol. The van der Waals surface area contributed by atoms with Gasteiger partial charge in [0.1, 0.15) is 11.5 Å². The molecule has 0 N–H and O–H groups in total. The van der Waals surface area contributed by atoms with Crippen molar-refractivity contribution in [2.75, 3.05) is 13.7 Å². The number of methoxy groups -OCH3 is 1. The summed E-state index contributed by atoms with van der Waals surface area (Å²) in [5.74, 6) is 0.603. The van der Waals surface area contributed by atoms with Crippen molar-refractivity contribution in [1.29, 1.82) is 0 Å². The first-order valence-electron chi connectivity index (χ1n) is 3.85. The van der Waals surface area contributed by atoms with E-state index in [2.05, 4.69) is 4.74 Å². The maximum absolute atomic E-state index is 11.8. The molecule has 0 saturated heterocycles. The molecule has 0 heterocycles. The lowest BCUT2D eigenvalue weighted by Gasteiger charge is -2.09. The first-order valence-corrected chi connectivity index (χ1v) is 3.85. The Hall–Kier alpha value is -1.39. The molecule has 0 bridgehead atoms. The van der Waals surface area contributed by atoms with Gasteiger partial charge < -0.3 is 9.47 Å². The summed E-state index contributed by atoms with van der Waals surface area (Å²) < 4.78 is 44.6. The van der Waals surface area contributed by atoms with E-state index in [1.807, 2.05) is 0 Å². The average Bonchev–Trinajstić information content (AvgIpc) is 2.14. The Morgan fingerprint density at radius 3 is 2.43 bits per heavy atom. The highest BCUT2D eigenvalue weighted by molar-refractivity contribution is 5.32. The van der Waals surface area contributed by atoms with Crippen LogP contribution >= 0.6 is 0 Å². The fraction of sp³-hybridized carbons (Fsp3) is 0.333. The van der Waals surface area contributed by atoms with Crippen molar-refractivity contribution < 1.29 is 22.6 Å². The second-order valence-electron chi connectivity index (χ2n) is 2.58. The van der Waals surface area contributed by atoms with Crippen LogP contribution in [0.1, 0.15) is 0 Å². The number of alkyl halides is 3. The van der Waals surface area contributed by atoms with Crippen molar-refractivity contribution in [3.05, 3.63) is 24.3 Å². The van der Waals surface area contributed by atoms with Gasteiger partial charge in [-0.25, -0.2) is 0 Å². The van der Waals surface area contributed by atoms with Gasteiger partial charge >= 0.3 is 6.18 Å². The zero-order valence-corrected chi connectivity index (χ0v) is 7.47. The molecule has 1 aromatic rings. The van der Waals surface area contributed by atoms with Gasteiger partial charge in [0.15, 0.2) is 6.61 Å². The Kier molecular flexibility index (Phi) is 3.22. The fourth-order valence-electron chi connectivity index (χ4n) is 0.856. The number of halogens is 3. The summed E-state index contributed by atoms with van der Waals surface area (Å²) in [5, 5.41) is 0. The fourth-order valence-corrected chi connectivity index (χ4v) is 0.856. The minimum absolute atomic E-state index is 0.140. The van der Waals surface area contributed by atoms with Crippen LogP contribution in [0, 0.1) is 0 Å². The molecule has 0 saturated carbocycles. The third-order valence-electron chi connectivity index (χ3n) is 1.44. The van der Waals surface area contributed by atoms with E-state index in [1.54, 1.807) is 12.1 Å². The Balaban J connectivity index is 2.59. The van der Waals surface area contributed by atoms with Crippen molar-refractivity contribution >= 4 is 0 Å². The molecule has 0 aliphatic carbocycles. The van der Waals surface area contributed by atoms with E-state index >= 15 is 0 Å². The van der Waals surface area contributed by atoms with Crippen molar-refractivity contribution in [2.45, 2.75) is 6.18 Å². The van der Waals surface area contributed by atoms with E-state index in [0.29, 0.717) is 5.75 Å². The van der Waals surface area contributed by atoms with Crippen LogP contribution in [-0.4, -0.2) is 19.9 Å². The van der Waals surface area contributed by atoms with Crippen molar-refractivity contribution in [1.82, 2.24) is 0 Å². The van der Waals surface area contributed by atoms with Crippen molar-refractivity contribution in [3.8, 4) is 11.5 Å². The Morgan fingerprint density at radius 2 is 1.86 bits per heavy atom. The third kappa shape index (κ3) is 3.55. The van der Waals surface area contributed by atoms with Crippen LogP contribution in [-0.2, 0) is 0 Å². The minimum atomic E-state index is -4.32. The van der Waals surface area contributed by atoms with E-state index in [4.69, 9.17) is 4.74 Å². The predicted octanol–water partition coefficient (Wildman–Crippen LogP) is 2.64. The molecule has 0 atom stereocenters. The second-order valence-corrected chi connectivity index (χ2v) is 2.58. The normalized spacial score (nSPS) is 11.1. The summed E-state index contributed by atoms with van der Waals surface area (Å²) in [6, 6.07) is 6.02. The monoisotopic (exact) mass is 206 g/mol. The number of ether oxygens (including phenoxy) is 2. The van der Waals surface area contributed by atoms with Crippen LogP contribution in [0.3, 0.4) is 0 Å². The molecular weight excluding hydrogens is 197 g/mol. The summed E-state index contributed by atoms with van der Waals surface area (Å²) in [5.41, 5.74) is 0. The molecule has 78 valence electrons. The lowest BCUT2D eigenvalue weighted by molar-refractivity contribution is -0.153. The van der Waals surface area contributed by atoms with Crippen LogP contribution in [0.25, 0.3) is 0 Å². The van der Waals surface area contributed by atoms with Crippen molar-refractivity contribution in [3.63, 3.8) is 0 Å². The highest BCUT2D eigenvalue weighted by Gasteiger charge is 2.28. The van der Waals surface area contributed by atoms with Crippen LogP contribution < -0.4 is 9.47 Å². The molecule has 0 fully saturated rings. The zero-order chi connectivity index (χ0) is 10.6. The number of hydrogen-bond donors (Lipinski definition) is 0. The topological polar surface area (TPSA) is 18.5 Å². The molecule has 1 aromatic carbocycles. The van der Waals surface area contributed by atoms with E-state index in [0.717, 1.165) is 0 Å². The molecule has 0 unspecified atom stereocenters. The first kappa shape index (κ1) is 10.7. The molecule has 5 heteroatoms. The smallest absolute Gasteiger partial charge is 0.422 e. The van der Waals surface area contributed by atoms with Gasteiger partial charge in [-0.2, -0.15) is 13.2 Å². The summed E-state index contributed by atoms with van der Waals surface area (Å²) in [7, 11) is 1.43. The summed E-state index contributed by atoms with van der Waals surface area (Å²) >= 11 is 0. The van der Waals surface area contributed by atoms with Gasteiger partial charge in [-0.3, -0.25) is 0 Å². The average molecular weight is 206 g/mol. The molecule has 0 amide bonds. The highest BCUT2D eigenvalue weighted by atomic mass is 19.4. The van der Waals surface area contributed by atoms with Gasteiger partial charge in [-0.05, 0) is 12.1 Å². The number of hydrogen-bond acceptors (Lipinski definition) is 2. The van der Waals surface area contributed by atoms with E-state index < -0.39 is 12.8 Å². The lowest BCUT2D eigenvalue weighted by Crippen LogP contribution is -2.19. The SMILES string of the molecule is COc1cccc(OCC(F)(F)F)c1. The number of benzene rings is 1. The quantitative estimate of drug-likeness (QED) is 0.756. The third-order valence-corrected chi connectivity index (χ3v) is 1.44. The van der Waals surface area contributed by atoms with Gasteiger partial charge in [-0.15, -0.1) is 0 Å². The van der Waals surface area contributed by atoms with Gasteiger partial charge in [0.05, 0.1) is 7.11 Å². The standard InChI is InChI=1S/C9H9F3O2/c1-13-7-3-2-4-8(5-7)14-6-9(10,11)12/h2-5H,6H2,1H3. The minimum Gasteiger partial charge on any atom is -0.497 e. The summed E-state index contributed by atoms with van der Waals surface area (Å²) in [6.45, 7) is -1.29. The Bertz CT molecular complexity index is 296. The van der Waals surface area contributed by atoms with Crippen LogP contribution in [0.5, 0.6) is 11.5 Å². The molecule has 0 aliphatic rings. The molecule has 0 aliphatic heterocycles. The van der Waals surface area contributed by atoms with Gasteiger partial charge in [0.2, 0.25) is 0 Å². The van der Waals surface area contributed by atoms with E-state index in [1.165, 1.54) is 19.2 Å². The lowest BCUT2D eigenvalue weighted by atomic mass is 10.3. The van der Waals surface area contributed by atoms with Crippen LogP contribution in [0.15, 0.2) is 24.3 Å². The van der Waals surface area contributed by atoms with E-state index in [-0.39, 0.29) is 5.75 Å². The highest BCUT2D eigenvalue weighted by Crippen LogP contribution is 2.21. The summed E-state index contributed by atoms with van der Waals surface area (Å²) in [4.78, 5) is 0. The molecule has 1 rings (SSSR count). The first-order chi connectivity index (χ1) is 6.51. The van der Waals surface area contributed by atoms with Gasteiger partial charge in [0, 0.05) is 6.07 Å². The molecule has 0 spiro atoms. The maximum Gasteiger partial charge on any atom is 0.422 e. The molecule has 0 aromatic heterocycles. The molecule has 14 heavy (non-hydrogen) atoms. The van der Waals surface area contributed by atoms with Crippen LogP contribution in [0.2, 0.25) is 0 Å². The second kappa shape index (κ2) is 4.21. The zero-order valence-electron chi connectivity index (χ0n) is 7.47.